The van der Waals surface area contributed by atoms with Gasteiger partial charge in [-0.3, -0.25) is 24.6 Å². The smallest absolute Gasteiger partial charge is 0.257 e. The molecule has 7 heteroatoms. The predicted octanol–water partition coefficient (Wildman–Crippen LogP) is 5.96. The van der Waals surface area contributed by atoms with E-state index in [9.17, 15) is 14.4 Å². The number of nitrogens with zero attached hydrogens (tertiary/aromatic N) is 2. The third kappa shape index (κ3) is 4.73. The van der Waals surface area contributed by atoms with Crippen LogP contribution in [0.1, 0.15) is 73.9 Å². The minimum Gasteiger partial charge on any atom is -0.298 e. The Balaban J connectivity index is 1.51. The minimum absolute atomic E-state index is 0.213. The van der Waals surface area contributed by atoms with Crippen LogP contribution in [0.4, 0.5) is 10.8 Å². The molecule has 1 fully saturated rings. The number of carbonyl (C=O) groups excluding carboxylic acids is 3. The van der Waals surface area contributed by atoms with E-state index in [1.807, 2.05) is 5.38 Å². The fraction of sp³-hybridized carbons (Fsp3) is 0.308. The van der Waals surface area contributed by atoms with E-state index in [-0.39, 0.29) is 30.6 Å². The molecule has 2 aromatic carbocycles. The zero-order valence-electron chi connectivity index (χ0n) is 19.2. The molecule has 3 aromatic rings. The van der Waals surface area contributed by atoms with Crippen LogP contribution in [0.5, 0.6) is 0 Å². The zero-order valence-corrected chi connectivity index (χ0v) is 20.0. The molecule has 1 aliphatic rings. The number of anilines is 2. The Morgan fingerprint density at radius 1 is 0.970 bits per heavy atom. The zero-order chi connectivity index (χ0) is 23.7. The number of hydrogen-bond acceptors (Lipinski definition) is 5. The Morgan fingerprint density at radius 2 is 1.64 bits per heavy atom. The van der Waals surface area contributed by atoms with Crippen molar-refractivity contribution in [2.45, 2.75) is 52.4 Å². The molecule has 1 saturated heterocycles. The van der Waals surface area contributed by atoms with E-state index in [0.717, 1.165) is 11.3 Å². The number of amides is 3. The largest absolute Gasteiger partial charge is 0.298 e. The van der Waals surface area contributed by atoms with E-state index >= 15 is 0 Å². The maximum Gasteiger partial charge on any atom is 0.257 e. The van der Waals surface area contributed by atoms with Gasteiger partial charge in [-0.05, 0) is 47.2 Å². The molecule has 0 spiro atoms. The first-order valence-electron chi connectivity index (χ1n) is 11.1. The van der Waals surface area contributed by atoms with Gasteiger partial charge in [0.25, 0.3) is 5.91 Å². The molecule has 170 valence electrons. The fourth-order valence-electron chi connectivity index (χ4n) is 3.90. The lowest BCUT2D eigenvalue weighted by atomic mass is 9.90. The van der Waals surface area contributed by atoms with Gasteiger partial charge < -0.3 is 0 Å². The first-order valence-corrected chi connectivity index (χ1v) is 12.0. The number of rotatable bonds is 6. The van der Waals surface area contributed by atoms with Crippen molar-refractivity contribution in [1.29, 1.82) is 0 Å². The van der Waals surface area contributed by atoms with Gasteiger partial charge in [-0.25, -0.2) is 4.98 Å². The highest BCUT2D eigenvalue weighted by Gasteiger charge is 2.30. The number of thiazole rings is 1. The van der Waals surface area contributed by atoms with Gasteiger partial charge in [-0.2, -0.15) is 0 Å². The predicted molar refractivity (Wildman–Crippen MR) is 132 cm³/mol. The highest BCUT2D eigenvalue weighted by Crippen LogP contribution is 2.34. The summed E-state index contributed by atoms with van der Waals surface area (Å²) in [6, 6.07) is 13.0. The van der Waals surface area contributed by atoms with Crippen molar-refractivity contribution in [1.82, 2.24) is 4.98 Å². The molecule has 0 saturated carbocycles. The van der Waals surface area contributed by atoms with Crippen molar-refractivity contribution in [2.24, 2.45) is 0 Å². The maximum absolute atomic E-state index is 12.7. The average Bonchev–Trinajstić information content (AvgIpc) is 3.39. The van der Waals surface area contributed by atoms with E-state index in [1.54, 1.807) is 24.3 Å². The Hall–Kier alpha value is -3.32. The average molecular weight is 462 g/mol. The van der Waals surface area contributed by atoms with E-state index in [0.29, 0.717) is 28.2 Å². The SMILES string of the molecule is CC(C)c1ccc(-c2csc(NC(=O)c3ccc(N4C(=O)CCC4=O)cc3)n2)c(C(C)C)c1. The van der Waals surface area contributed by atoms with Crippen molar-refractivity contribution in [3.05, 3.63) is 64.5 Å². The molecule has 33 heavy (non-hydrogen) atoms. The number of benzene rings is 2. The molecule has 3 amide bonds. The number of nitrogens with one attached hydrogen (secondary N) is 1. The molecule has 0 atom stereocenters. The van der Waals surface area contributed by atoms with E-state index in [4.69, 9.17) is 0 Å². The standard InChI is InChI=1S/C26H27N3O3S/c1-15(2)18-7-10-20(21(13-18)16(3)4)22-14-33-26(27-22)28-25(32)17-5-8-19(9-6-17)29-23(30)11-12-24(29)31/h5-10,13-16H,11-12H2,1-4H3,(H,27,28,32). The maximum atomic E-state index is 12.7. The molecule has 2 heterocycles. The van der Waals surface area contributed by atoms with E-state index in [1.165, 1.54) is 27.4 Å². The Bertz CT molecular complexity index is 1200. The van der Waals surface area contributed by atoms with Gasteiger partial charge in [0, 0.05) is 29.3 Å². The highest BCUT2D eigenvalue weighted by atomic mass is 32.1. The Morgan fingerprint density at radius 3 is 2.24 bits per heavy atom. The van der Waals surface area contributed by atoms with Crippen molar-refractivity contribution in [2.75, 3.05) is 10.2 Å². The van der Waals surface area contributed by atoms with Crippen LogP contribution < -0.4 is 10.2 Å². The van der Waals surface area contributed by atoms with Crippen LogP contribution in [0.15, 0.2) is 47.8 Å². The van der Waals surface area contributed by atoms with Gasteiger partial charge in [-0.1, -0.05) is 45.9 Å². The molecule has 1 aromatic heterocycles. The van der Waals surface area contributed by atoms with Crippen LogP contribution >= 0.6 is 11.3 Å². The monoisotopic (exact) mass is 461 g/mol. The van der Waals surface area contributed by atoms with Gasteiger partial charge in [0.2, 0.25) is 11.8 Å². The van der Waals surface area contributed by atoms with Crippen LogP contribution in [0.3, 0.4) is 0 Å². The summed E-state index contributed by atoms with van der Waals surface area (Å²) in [7, 11) is 0. The van der Waals surface area contributed by atoms with Gasteiger partial charge >= 0.3 is 0 Å². The normalized spacial score (nSPS) is 13.9. The van der Waals surface area contributed by atoms with Crippen LogP contribution in [0.2, 0.25) is 0 Å². The summed E-state index contributed by atoms with van der Waals surface area (Å²) in [4.78, 5) is 42.4. The topological polar surface area (TPSA) is 79.4 Å². The van der Waals surface area contributed by atoms with Crippen molar-refractivity contribution >= 4 is 39.9 Å². The summed E-state index contributed by atoms with van der Waals surface area (Å²) in [5, 5.41) is 5.33. The second kappa shape index (κ2) is 9.27. The van der Waals surface area contributed by atoms with Gasteiger partial charge in [-0.15, -0.1) is 11.3 Å². The van der Waals surface area contributed by atoms with Gasteiger partial charge in [0.1, 0.15) is 0 Å². The summed E-state index contributed by atoms with van der Waals surface area (Å²) in [5.41, 5.74) is 5.38. The number of aromatic nitrogens is 1. The molecular weight excluding hydrogens is 434 g/mol. The lowest BCUT2D eigenvalue weighted by Crippen LogP contribution is -2.28. The molecule has 0 aliphatic carbocycles. The van der Waals surface area contributed by atoms with Crippen LogP contribution in [0.25, 0.3) is 11.3 Å². The summed E-state index contributed by atoms with van der Waals surface area (Å²) in [5.74, 6) is 0.0893. The molecule has 0 unspecified atom stereocenters. The lowest BCUT2D eigenvalue weighted by molar-refractivity contribution is -0.121. The third-order valence-electron chi connectivity index (χ3n) is 5.80. The number of hydrogen-bond donors (Lipinski definition) is 1. The van der Waals surface area contributed by atoms with Crippen LogP contribution in [-0.2, 0) is 9.59 Å². The van der Waals surface area contributed by atoms with Crippen molar-refractivity contribution in [3.63, 3.8) is 0 Å². The Kier molecular flexibility index (Phi) is 6.42. The fourth-order valence-corrected chi connectivity index (χ4v) is 4.61. The quantitative estimate of drug-likeness (QED) is 0.459. The number of carbonyl (C=O) groups is 3. The Labute approximate surface area is 197 Å². The summed E-state index contributed by atoms with van der Waals surface area (Å²) in [6.45, 7) is 8.71. The van der Waals surface area contributed by atoms with Crippen molar-refractivity contribution < 1.29 is 14.4 Å². The second-order valence-corrected chi connectivity index (χ2v) is 9.68. The van der Waals surface area contributed by atoms with Crippen molar-refractivity contribution in [3.8, 4) is 11.3 Å². The summed E-state index contributed by atoms with van der Waals surface area (Å²) in [6.07, 6.45) is 0.457. The second-order valence-electron chi connectivity index (χ2n) is 8.82. The minimum atomic E-state index is -0.291. The van der Waals surface area contributed by atoms with Crippen LogP contribution in [0, 0.1) is 0 Å². The third-order valence-corrected chi connectivity index (χ3v) is 6.56. The van der Waals surface area contributed by atoms with Gasteiger partial charge in [0.15, 0.2) is 5.13 Å². The first kappa shape index (κ1) is 22.9. The lowest BCUT2D eigenvalue weighted by Gasteiger charge is -2.15. The molecule has 0 bridgehead atoms. The molecule has 1 N–H and O–H groups in total. The number of imide groups is 1. The highest BCUT2D eigenvalue weighted by molar-refractivity contribution is 7.14. The van der Waals surface area contributed by atoms with E-state index in [2.05, 4.69) is 56.2 Å². The summed E-state index contributed by atoms with van der Waals surface area (Å²) < 4.78 is 0. The molecule has 1 aliphatic heterocycles. The first-order chi connectivity index (χ1) is 15.7. The van der Waals surface area contributed by atoms with Crippen LogP contribution in [-0.4, -0.2) is 22.7 Å². The molecule has 0 radical (unpaired) electrons. The van der Waals surface area contributed by atoms with E-state index < -0.39 is 0 Å². The van der Waals surface area contributed by atoms with Gasteiger partial charge in [0.05, 0.1) is 11.4 Å². The summed E-state index contributed by atoms with van der Waals surface area (Å²) >= 11 is 1.38. The molecular formula is C26H27N3O3S. The molecule has 4 rings (SSSR count). The molecule has 6 nitrogen and oxygen atoms in total.